The van der Waals surface area contributed by atoms with Crippen LogP contribution in [-0.4, -0.2) is 63.6 Å². The van der Waals surface area contributed by atoms with E-state index in [9.17, 15) is 14.7 Å². The van der Waals surface area contributed by atoms with Crippen LogP contribution in [0.1, 0.15) is 55.9 Å². The molecule has 12 nitrogen and oxygen atoms in total. The van der Waals surface area contributed by atoms with Crippen molar-refractivity contribution in [2.24, 2.45) is 5.92 Å². The first-order valence-corrected chi connectivity index (χ1v) is 16.3. The van der Waals surface area contributed by atoms with E-state index in [0.29, 0.717) is 11.5 Å². The molecule has 3 atom stereocenters. The molecule has 258 valence electrons. The molecule has 0 bridgehead atoms. The van der Waals surface area contributed by atoms with Crippen LogP contribution in [0.2, 0.25) is 0 Å². The third-order valence-electron chi connectivity index (χ3n) is 8.68. The van der Waals surface area contributed by atoms with Crippen molar-refractivity contribution in [3.8, 4) is 23.3 Å². The Hall–Kier alpha value is -5.48. The highest BCUT2D eigenvalue weighted by Crippen LogP contribution is 2.43. The highest BCUT2D eigenvalue weighted by atomic mass is 16.6. The smallest absolute Gasteiger partial charge is 0.280 e. The molecule has 1 aliphatic rings. The van der Waals surface area contributed by atoms with Crippen LogP contribution in [-0.2, 0) is 19.9 Å². The molecule has 12 heteroatoms. The molecule has 3 N–H and O–H groups in total. The van der Waals surface area contributed by atoms with Gasteiger partial charge in [-0.2, -0.15) is 4.98 Å². The zero-order valence-electron chi connectivity index (χ0n) is 28.5. The second kappa shape index (κ2) is 14.6. The number of fused-ring (bicyclic) bond motifs is 1. The summed E-state index contributed by atoms with van der Waals surface area (Å²) in [6.45, 7) is 5.10. The van der Waals surface area contributed by atoms with Gasteiger partial charge in [0, 0.05) is 12.3 Å². The van der Waals surface area contributed by atoms with Crippen molar-refractivity contribution < 1.29 is 28.8 Å². The van der Waals surface area contributed by atoms with E-state index in [4.69, 9.17) is 18.9 Å². The first kappa shape index (κ1) is 34.4. The zero-order chi connectivity index (χ0) is 35.4. The normalized spacial score (nSPS) is 17.4. The number of aliphatic hydroxyl groups is 1. The molecule has 2 aromatic heterocycles. The molecule has 3 aromatic carbocycles. The van der Waals surface area contributed by atoms with Gasteiger partial charge in [0.2, 0.25) is 11.9 Å². The maximum Gasteiger partial charge on any atom is 0.280 e. The summed E-state index contributed by atoms with van der Waals surface area (Å²) in [4.78, 5) is 37.0. The molecule has 1 aliphatic heterocycles. The molecule has 0 aliphatic carbocycles. The van der Waals surface area contributed by atoms with E-state index in [1.807, 2.05) is 78.9 Å². The Morgan fingerprint density at radius 2 is 1.60 bits per heavy atom. The topological polar surface area (TPSA) is 150 Å². The third-order valence-corrected chi connectivity index (χ3v) is 8.68. The summed E-state index contributed by atoms with van der Waals surface area (Å²) in [7, 11) is 3.23. The summed E-state index contributed by atoms with van der Waals surface area (Å²) in [5.74, 6) is 6.70. The van der Waals surface area contributed by atoms with Crippen molar-refractivity contribution >= 4 is 23.0 Å². The monoisotopic (exact) mass is 677 g/mol. The number of carbonyl (C=O) groups excluding carboxylic acids is 1. The van der Waals surface area contributed by atoms with E-state index < -0.39 is 29.6 Å². The first-order valence-electron chi connectivity index (χ1n) is 16.3. The third kappa shape index (κ3) is 6.58. The minimum Gasteiger partial charge on any atom is -0.497 e. The Balaban J connectivity index is 1.38. The van der Waals surface area contributed by atoms with Crippen LogP contribution in [0, 0.1) is 17.8 Å². The molecule has 50 heavy (non-hydrogen) atoms. The number of rotatable bonds is 11. The number of benzene rings is 3. The number of nitrogens with one attached hydrogen (secondary N) is 2. The molecule has 1 saturated heterocycles. The van der Waals surface area contributed by atoms with Crippen LogP contribution in [0.3, 0.4) is 0 Å². The van der Waals surface area contributed by atoms with E-state index in [0.717, 1.165) is 16.7 Å². The van der Waals surface area contributed by atoms with Crippen LogP contribution in [0.25, 0.3) is 11.2 Å². The molecule has 0 saturated carbocycles. The van der Waals surface area contributed by atoms with E-state index in [1.54, 1.807) is 39.6 Å². The Morgan fingerprint density at radius 1 is 1.00 bits per heavy atom. The molecule has 5 aromatic rings. The summed E-state index contributed by atoms with van der Waals surface area (Å²) in [6.07, 6.45) is -2.40. The van der Waals surface area contributed by atoms with Crippen LogP contribution in [0.5, 0.6) is 11.5 Å². The highest BCUT2D eigenvalue weighted by molar-refractivity contribution is 5.91. The summed E-state index contributed by atoms with van der Waals surface area (Å²) >= 11 is 0. The van der Waals surface area contributed by atoms with Crippen molar-refractivity contribution in [2.45, 2.75) is 51.2 Å². The Kier molecular flexibility index (Phi) is 10.0. The van der Waals surface area contributed by atoms with Crippen molar-refractivity contribution in [3.63, 3.8) is 0 Å². The van der Waals surface area contributed by atoms with E-state index in [2.05, 4.69) is 32.1 Å². The van der Waals surface area contributed by atoms with Gasteiger partial charge in [-0.15, -0.1) is 0 Å². The van der Waals surface area contributed by atoms with Gasteiger partial charge in [-0.1, -0.05) is 74.4 Å². The average molecular weight is 678 g/mol. The molecule has 0 radical (unpaired) electrons. The maximum absolute atomic E-state index is 13.1. The number of methoxy groups -OCH3 is 2. The Bertz CT molecular complexity index is 2030. The van der Waals surface area contributed by atoms with Crippen LogP contribution in [0.15, 0.2) is 83.7 Å². The quantitative estimate of drug-likeness (QED) is 0.133. The number of nitrogens with zero attached hydrogens (tertiary/aromatic N) is 3. The van der Waals surface area contributed by atoms with Gasteiger partial charge >= 0.3 is 0 Å². The predicted molar refractivity (Wildman–Crippen MR) is 187 cm³/mol. The number of imidazole rings is 1. The fraction of sp³-hybridized carbons (Fsp3) is 0.316. The first-order chi connectivity index (χ1) is 24.2. The standard InChI is InChI=1S/C38H39N5O7/c1-6-10-31-39-33-34(40-37(42-36(33)46)41-35(45)23(2)3)43(31)32-21-29(44)30(50-32)22-49-38(24-11-8-7-9-12-24,25-13-17-27(47-4)18-14-25)26-15-19-28(48-5)20-16-26/h7-9,11-20,23,29-30,32,44H,21-22H2,1-5H3,(H2,40,41,42,45,46)/t29-,30+,32+/m0/s1. The Labute approximate surface area is 289 Å². The van der Waals surface area contributed by atoms with Gasteiger partial charge in [0.15, 0.2) is 17.0 Å². The number of ether oxygens (including phenoxy) is 4. The lowest BCUT2D eigenvalue weighted by molar-refractivity contribution is -0.118. The van der Waals surface area contributed by atoms with Gasteiger partial charge in [-0.05, 0) is 53.8 Å². The van der Waals surface area contributed by atoms with E-state index in [-0.39, 0.29) is 47.8 Å². The average Bonchev–Trinajstić information content (AvgIpc) is 3.68. The van der Waals surface area contributed by atoms with Crippen LogP contribution in [0.4, 0.5) is 5.95 Å². The lowest BCUT2D eigenvalue weighted by Gasteiger charge is -2.37. The Morgan fingerprint density at radius 3 is 2.16 bits per heavy atom. The largest absolute Gasteiger partial charge is 0.497 e. The van der Waals surface area contributed by atoms with Crippen LogP contribution >= 0.6 is 0 Å². The fourth-order valence-electron chi connectivity index (χ4n) is 6.08. The summed E-state index contributed by atoms with van der Waals surface area (Å²) in [6, 6.07) is 25.2. The second-order valence-electron chi connectivity index (χ2n) is 12.2. The lowest BCUT2D eigenvalue weighted by atomic mass is 9.80. The number of aliphatic hydroxyl groups excluding tert-OH is 1. The maximum atomic E-state index is 13.1. The van der Waals surface area contributed by atoms with Crippen molar-refractivity contribution in [2.75, 3.05) is 26.1 Å². The van der Waals surface area contributed by atoms with Gasteiger partial charge in [-0.3, -0.25) is 24.5 Å². The number of anilines is 1. The number of carbonyl (C=O) groups is 1. The van der Waals surface area contributed by atoms with Crippen LogP contribution < -0.4 is 20.3 Å². The number of hydrogen-bond donors (Lipinski definition) is 3. The number of amides is 1. The second-order valence-corrected chi connectivity index (χ2v) is 12.2. The van der Waals surface area contributed by atoms with E-state index in [1.165, 1.54) is 0 Å². The van der Waals surface area contributed by atoms with Crippen molar-refractivity contribution in [3.05, 3.63) is 112 Å². The number of aromatic nitrogens is 4. The van der Waals surface area contributed by atoms with Gasteiger partial charge in [0.25, 0.3) is 5.56 Å². The number of hydrogen-bond acceptors (Lipinski definition) is 9. The molecule has 6 rings (SSSR count). The minimum absolute atomic E-state index is 0.0181. The summed E-state index contributed by atoms with van der Waals surface area (Å²) < 4.78 is 26.0. The van der Waals surface area contributed by atoms with Crippen molar-refractivity contribution in [1.82, 2.24) is 19.5 Å². The fourth-order valence-corrected chi connectivity index (χ4v) is 6.08. The van der Waals surface area contributed by atoms with Gasteiger partial charge < -0.3 is 24.1 Å². The zero-order valence-corrected chi connectivity index (χ0v) is 28.5. The molecule has 0 unspecified atom stereocenters. The van der Waals surface area contributed by atoms with Gasteiger partial charge in [0.05, 0.1) is 26.9 Å². The minimum atomic E-state index is -1.13. The molecular formula is C38H39N5O7. The number of aromatic amines is 1. The molecule has 1 fully saturated rings. The number of H-pyrrole nitrogens is 1. The predicted octanol–water partition coefficient (Wildman–Crippen LogP) is 4.76. The van der Waals surface area contributed by atoms with Crippen molar-refractivity contribution in [1.29, 1.82) is 0 Å². The molecule has 1 amide bonds. The van der Waals surface area contributed by atoms with Gasteiger partial charge in [-0.25, -0.2) is 4.98 Å². The molecular weight excluding hydrogens is 638 g/mol. The molecule has 3 heterocycles. The van der Waals surface area contributed by atoms with Gasteiger partial charge in [0.1, 0.15) is 29.4 Å². The summed E-state index contributed by atoms with van der Waals surface area (Å²) in [5, 5.41) is 14.1. The summed E-state index contributed by atoms with van der Waals surface area (Å²) in [5.41, 5.74) is 1.06. The lowest BCUT2D eigenvalue weighted by Crippen LogP contribution is -2.38. The molecule has 0 spiro atoms. The highest BCUT2D eigenvalue weighted by Gasteiger charge is 2.42. The SMILES string of the molecule is CC#Cc1nc2c(=O)[nH]c(NC(=O)C(C)C)nc2n1[C@H]1C[C@H](O)[C@@H](COC(c2ccccc2)(c2ccc(OC)cc2)c2ccc(OC)cc2)O1. The van der Waals surface area contributed by atoms with E-state index >= 15 is 0 Å².